The fraction of sp³-hybridized carbons (Fsp3) is 0.556. The summed E-state index contributed by atoms with van der Waals surface area (Å²) in [5, 5.41) is 5.44. The number of aromatic nitrogens is 4. The number of nitrogens with zero attached hydrogens (tertiary/aromatic N) is 6. The average Bonchev–Trinajstić information content (AvgIpc) is 3.49. The number of sulfone groups is 1. The average molecular weight is 538 g/mol. The molecule has 3 aliphatic rings. The summed E-state index contributed by atoms with van der Waals surface area (Å²) in [7, 11) is -3.02. The van der Waals surface area contributed by atoms with E-state index in [0.29, 0.717) is 30.1 Å². The Labute approximate surface area is 223 Å². The van der Waals surface area contributed by atoms with E-state index in [9.17, 15) is 8.42 Å². The van der Waals surface area contributed by atoms with E-state index in [-0.39, 0.29) is 23.6 Å². The molecule has 0 unspecified atom stereocenters. The van der Waals surface area contributed by atoms with Crippen molar-refractivity contribution >= 4 is 44.0 Å². The topological polar surface area (TPSA) is 113 Å². The van der Waals surface area contributed by atoms with Gasteiger partial charge in [0.15, 0.2) is 0 Å². The molecule has 3 aromatic rings. The Morgan fingerprint density at radius 3 is 2.71 bits per heavy atom. The summed E-state index contributed by atoms with van der Waals surface area (Å²) in [6, 6.07) is 4.37. The highest BCUT2D eigenvalue weighted by atomic mass is 32.2. The number of fused-ring (bicyclic) bond motifs is 2. The molecule has 0 radical (unpaired) electrons. The summed E-state index contributed by atoms with van der Waals surface area (Å²) in [6.07, 6.45) is 8.01. The van der Waals surface area contributed by atoms with Crippen LogP contribution in [0.15, 0.2) is 30.7 Å². The molecular formula is C27H35N7O3S. The van der Waals surface area contributed by atoms with E-state index in [2.05, 4.69) is 46.9 Å². The Bertz CT molecular complexity index is 1460. The van der Waals surface area contributed by atoms with Gasteiger partial charge in [-0.3, -0.25) is 0 Å². The lowest BCUT2D eigenvalue weighted by Gasteiger charge is -2.47. The molecule has 3 aliphatic heterocycles. The standard InChI is InChI=1S/C27H35N7O3S/c1-16(2)21-10-30-26(34-12-19(17(34)3)15-38(4,35)36)22-11-29-25(9-20(21)22)31-24-5-7-28-27(32-24)33-8-6-18-13-37-14-23(18)33/h5,7,9-11,16-19,23H,6,8,12-15H2,1-4H3,(H,28,29,31,32)/t17-,18+,19-,23-/m1/s1. The van der Waals surface area contributed by atoms with Gasteiger partial charge < -0.3 is 19.9 Å². The van der Waals surface area contributed by atoms with Crippen molar-refractivity contribution in [1.29, 1.82) is 0 Å². The molecule has 202 valence electrons. The summed E-state index contributed by atoms with van der Waals surface area (Å²) in [6.45, 7) is 9.56. The van der Waals surface area contributed by atoms with Gasteiger partial charge in [-0.15, -0.1) is 0 Å². The zero-order valence-electron chi connectivity index (χ0n) is 22.3. The minimum Gasteiger partial charge on any atom is -0.379 e. The fourth-order valence-corrected chi connectivity index (χ4v) is 7.22. The molecule has 3 saturated heterocycles. The van der Waals surface area contributed by atoms with Crippen LogP contribution in [0.1, 0.15) is 38.7 Å². The molecule has 4 atom stereocenters. The van der Waals surface area contributed by atoms with Crippen molar-refractivity contribution in [2.45, 2.75) is 45.2 Å². The van der Waals surface area contributed by atoms with Crippen LogP contribution in [0.25, 0.3) is 10.8 Å². The second kappa shape index (κ2) is 9.60. The summed E-state index contributed by atoms with van der Waals surface area (Å²) >= 11 is 0. The quantitative estimate of drug-likeness (QED) is 0.481. The van der Waals surface area contributed by atoms with Crippen LogP contribution in [0.3, 0.4) is 0 Å². The van der Waals surface area contributed by atoms with Gasteiger partial charge >= 0.3 is 0 Å². The number of nitrogens with one attached hydrogen (secondary N) is 1. The van der Waals surface area contributed by atoms with Crippen LogP contribution >= 0.6 is 0 Å². The van der Waals surface area contributed by atoms with Crippen molar-refractivity contribution in [2.24, 2.45) is 11.8 Å². The summed E-state index contributed by atoms with van der Waals surface area (Å²) in [5.74, 6) is 4.13. The molecule has 0 saturated carbocycles. The second-order valence-corrected chi connectivity index (χ2v) is 13.5. The van der Waals surface area contributed by atoms with Gasteiger partial charge in [0, 0.05) is 61.2 Å². The van der Waals surface area contributed by atoms with Gasteiger partial charge in [0.2, 0.25) is 5.95 Å². The molecule has 6 rings (SSSR count). The normalized spacial score (nSPS) is 25.2. The smallest absolute Gasteiger partial charge is 0.227 e. The molecule has 1 N–H and O–H groups in total. The maximum Gasteiger partial charge on any atom is 0.227 e. The molecule has 6 heterocycles. The molecular weight excluding hydrogens is 502 g/mol. The lowest BCUT2D eigenvalue weighted by Crippen LogP contribution is -2.57. The number of hydrogen-bond donors (Lipinski definition) is 1. The third-order valence-electron chi connectivity index (χ3n) is 8.26. The Morgan fingerprint density at radius 2 is 1.95 bits per heavy atom. The first-order chi connectivity index (χ1) is 18.2. The molecule has 38 heavy (non-hydrogen) atoms. The van der Waals surface area contributed by atoms with Gasteiger partial charge in [-0.2, -0.15) is 4.98 Å². The van der Waals surface area contributed by atoms with E-state index >= 15 is 0 Å². The third-order valence-corrected chi connectivity index (χ3v) is 9.29. The fourth-order valence-electron chi connectivity index (χ4n) is 6.06. The number of ether oxygens (including phenoxy) is 1. The maximum absolute atomic E-state index is 11.8. The highest BCUT2D eigenvalue weighted by Crippen LogP contribution is 2.38. The predicted octanol–water partition coefficient (Wildman–Crippen LogP) is 3.38. The van der Waals surface area contributed by atoms with Crippen LogP contribution in [-0.2, 0) is 14.6 Å². The molecule has 10 nitrogen and oxygen atoms in total. The highest BCUT2D eigenvalue weighted by Gasteiger charge is 2.40. The molecule has 3 fully saturated rings. The molecule has 11 heteroatoms. The van der Waals surface area contributed by atoms with Gasteiger partial charge in [0.25, 0.3) is 0 Å². The van der Waals surface area contributed by atoms with Crippen molar-refractivity contribution in [1.82, 2.24) is 19.9 Å². The highest BCUT2D eigenvalue weighted by molar-refractivity contribution is 7.90. The lowest BCUT2D eigenvalue weighted by atomic mass is 9.90. The monoisotopic (exact) mass is 537 g/mol. The molecule has 3 aromatic heterocycles. The van der Waals surface area contributed by atoms with Gasteiger partial charge in [-0.25, -0.2) is 23.4 Å². The van der Waals surface area contributed by atoms with Gasteiger partial charge in [0.05, 0.1) is 25.0 Å². The van der Waals surface area contributed by atoms with Crippen molar-refractivity contribution in [2.75, 3.05) is 53.4 Å². The summed E-state index contributed by atoms with van der Waals surface area (Å²) < 4.78 is 29.3. The SMILES string of the molecule is CC(C)c1cnc(N2C[C@H](CS(C)(=O)=O)[C@H]2C)c2cnc(Nc3ccnc(N4CC[C@H]5COC[C@H]54)n3)cc12. The lowest BCUT2D eigenvalue weighted by molar-refractivity contribution is 0.179. The van der Waals surface area contributed by atoms with Crippen molar-refractivity contribution in [3.05, 3.63) is 36.3 Å². The Balaban J connectivity index is 1.28. The van der Waals surface area contributed by atoms with Crippen LogP contribution < -0.4 is 15.1 Å². The van der Waals surface area contributed by atoms with Crippen LogP contribution in [-0.4, -0.2) is 78.7 Å². The van der Waals surface area contributed by atoms with Crippen LogP contribution in [0.2, 0.25) is 0 Å². The van der Waals surface area contributed by atoms with E-state index < -0.39 is 9.84 Å². The molecule has 0 aliphatic carbocycles. The molecule has 0 spiro atoms. The Hall–Kier alpha value is -3.05. The zero-order valence-corrected chi connectivity index (χ0v) is 23.1. The summed E-state index contributed by atoms with van der Waals surface area (Å²) in [4.78, 5) is 23.3. The molecule has 0 amide bonds. The first-order valence-corrected chi connectivity index (χ1v) is 15.4. The predicted molar refractivity (Wildman–Crippen MR) is 149 cm³/mol. The number of anilines is 4. The molecule has 0 bridgehead atoms. The van der Waals surface area contributed by atoms with E-state index in [1.54, 1.807) is 6.20 Å². The van der Waals surface area contributed by atoms with Crippen LogP contribution in [0, 0.1) is 11.8 Å². The first kappa shape index (κ1) is 25.2. The van der Waals surface area contributed by atoms with Gasteiger partial charge in [-0.05, 0) is 42.3 Å². The number of pyridine rings is 2. The minimum absolute atomic E-state index is 0.0954. The second-order valence-electron chi connectivity index (χ2n) is 11.3. The van der Waals surface area contributed by atoms with E-state index in [0.717, 1.165) is 54.3 Å². The number of hydrogen-bond acceptors (Lipinski definition) is 10. The Kier molecular flexibility index (Phi) is 6.38. The maximum atomic E-state index is 11.8. The van der Waals surface area contributed by atoms with Gasteiger partial charge in [-0.1, -0.05) is 13.8 Å². The first-order valence-electron chi connectivity index (χ1n) is 13.4. The van der Waals surface area contributed by atoms with Crippen LogP contribution in [0.4, 0.5) is 23.4 Å². The van der Waals surface area contributed by atoms with E-state index in [1.165, 1.54) is 6.26 Å². The van der Waals surface area contributed by atoms with Crippen molar-refractivity contribution in [3.8, 4) is 0 Å². The Morgan fingerprint density at radius 1 is 1.11 bits per heavy atom. The van der Waals surface area contributed by atoms with Crippen LogP contribution in [0.5, 0.6) is 0 Å². The third kappa shape index (κ3) is 4.66. The summed E-state index contributed by atoms with van der Waals surface area (Å²) in [5.41, 5.74) is 1.14. The zero-order chi connectivity index (χ0) is 26.6. The van der Waals surface area contributed by atoms with E-state index in [4.69, 9.17) is 19.7 Å². The van der Waals surface area contributed by atoms with Gasteiger partial charge in [0.1, 0.15) is 27.3 Å². The minimum atomic E-state index is -3.02. The molecule has 0 aromatic carbocycles. The van der Waals surface area contributed by atoms with E-state index in [1.807, 2.05) is 18.5 Å². The number of rotatable bonds is 7. The van der Waals surface area contributed by atoms with Crippen molar-refractivity contribution in [3.63, 3.8) is 0 Å². The van der Waals surface area contributed by atoms with Crippen molar-refractivity contribution < 1.29 is 13.2 Å². The largest absolute Gasteiger partial charge is 0.379 e.